The lowest BCUT2D eigenvalue weighted by Crippen LogP contribution is -2.21. The number of aromatic nitrogens is 2. The Labute approximate surface area is 123 Å². The molecule has 0 saturated heterocycles. The molecule has 0 spiro atoms. The lowest BCUT2D eigenvalue weighted by Gasteiger charge is -2.10. The van der Waals surface area contributed by atoms with Crippen LogP contribution in [0.2, 0.25) is 0 Å². The molecule has 0 atom stereocenters. The number of rotatable bonds is 2. The lowest BCUT2D eigenvalue weighted by atomic mass is 10.1. The van der Waals surface area contributed by atoms with Gasteiger partial charge in [-0.3, -0.25) is 9.36 Å². The van der Waals surface area contributed by atoms with E-state index >= 15 is 0 Å². The van der Waals surface area contributed by atoms with Crippen LogP contribution in [-0.2, 0) is 0 Å². The number of carboxylic acid groups (broad SMARTS) is 1. The molecule has 0 bridgehead atoms. The van der Waals surface area contributed by atoms with Crippen molar-refractivity contribution in [2.75, 3.05) is 0 Å². The van der Waals surface area contributed by atoms with Gasteiger partial charge in [-0.1, -0.05) is 0 Å². The highest BCUT2D eigenvalue weighted by molar-refractivity contribution is 5.92. The van der Waals surface area contributed by atoms with Crippen LogP contribution in [0.25, 0.3) is 16.6 Å². The summed E-state index contributed by atoms with van der Waals surface area (Å²) < 4.78 is 1.06. The number of carbonyl (C=O) groups is 1. The van der Waals surface area contributed by atoms with Gasteiger partial charge in [0.15, 0.2) is 0 Å². The van der Waals surface area contributed by atoms with Gasteiger partial charge >= 0.3 is 5.97 Å². The van der Waals surface area contributed by atoms with Gasteiger partial charge in [-0.2, -0.15) is 0 Å². The molecule has 3 aromatic rings. The fraction of sp³-hybridized carbons (Fsp3) is 0. The Morgan fingerprint density at radius 3 is 2.45 bits per heavy atom. The van der Waals surface area contributed by atoms with E-state index in [0.29, 0.717) is 5.52 Å². The third-order valence-electron chi connectivity index (χ3n) is 3.21. The molecule has 0 aliphatic carbocycles. The quantitative estimate of drug-likeness (QED) is 0.660. The Bertz CT molecular complexity index is 962. The molecule has 110 valence electrons. The second-order valence-corrected chi connectivity index (χ2v) is 4.63. The van der Waals surface area contributed by atoms with Crippen LogP contribution in [0.4, 0.5) is 0 Å². The van der Waals surface area contributed by atoms with Crippen LogP contribution in [-0.4, -0.2) is 30.8 Å². The monoisotopic (exact) mass is 298 g/mol. The summed E-state index contributed by atoms with van der Waals surface area (Å²) in [6.07, 6.45) is 1.21. The number of nitrogens with zero attached hydrogens (tertiary/aromatic N) is 2. The molecule has 3 N–H and O–H groups in total. The van der Waals surface area contributed by atoms with Crippen molar-refractivity contribution in [3.05, 3.63) is 58.6 Å². The number of fused-ring (bicyclic) bond motifs is 1. The number of benzene rings is 2. The van der Waals surface area contributed by atoms with Gasteiger partial charge < -0.3 is 15.3 Å². The van der Waals surface area contributed by atoms with E-state index in [1.165, 1.54) is 36.7 Å². The van der Waals surface area contributed by atoms with Crippen LogP contribution < -0.4 is 5.56 Å². The van der Waals surface area contributed by atoms with Gasteiger partial charge in [-0.15, -0.1) is 0 Å². The predicted octanol–water partition coefficient (Wildman–Crippen LogP) is 1.50. The van der Waals surface area contributed by atoms with Gasteiger partial charge in [0.1, 0.15) is 17.8 Å². The largest absolute Gasteiger partial charge is 0.508 e. The summed E-state index contributed by atoms with van der Waals surface area (Å²) >= 11 is 0. The highest BCUT2D eigenvalue weighted by atomic mass is 16.4. The summed E-state index contributed by atoms with van der Waals surface area (Å²) in [4.78, 5) is 27.9. The minimum atomic E-state index is -1.28. The van der Waals surface area contributed by atoms with E-state index in [9.17, 15) is 24.9 Å². The van der Waals surface area contributed by atoms with Gasteiger partial charge in [0.2, 0.25) is 0 Å². The molecule has 0 fully saturated rings. The molecule has 0 saturated carbocycles. The maximum atomic E-state index is 12.5. The van der Waals surface area contributed by atoms with Crippen LogP contribution in [0.1, 0.15) is 10.4 Å². The molecule has 1 heterocycles. The molecule has 7 heteroatoms. The average molecular weight is 298 g/mol. The molecule has 3 rings (SSSR count). The Morgan fingerprint density at radius 1 is 1.05 bits per heavy atom. The van der Waals surface area contributed by atoms with Gasteiger partial charge in [0.05, 0.1) is 22.2 Å². The van der Waals surface area contributed by atoms with Crippen LogP contribution in [0.5, 0.6) is 11.5 Å². The SMILES string of the molecule is O=C(O)c1cc(O)ccc1-n1cnc2ccc(O)cc2c1=O. The first-order valence-electron chi connectivity index (χ1n) is 6.24. The summed E-state index contributed by atoms with van der Waals surface area (Å²) in [7, 11) is 0. The molecule has 2 aromatic carbocycles. The fourth-order valence-corrected chi connectivity index (χ4v) is 2.19. The Morgan fingerprint density at radius 2 is 1.73 bits per heavy atom. The molecule has 0 radical (unpaired) electrons. The smallest absolute Gasteiger partial charge is 0.337 e. The van der Waals surface area contributed by atoms with E-state index in [4.69, 9.17) is 0 Å². The van der Waals surface area contributed by atoms with Crippen molar-refractivity contribution >= 4 is 16.9 Å². The Balaban J connectivity index is 2.34. The number of aromatic hydroxyl groups is 2. The summed E-state index contributed by atoms with van der Waals surface area (Å²) in [6, 6.07) is 7.81. The lowest BCUT2D eigenvalue weighted by molar-refractivity contribution is 0.0696. The fourth-order valence-electron chi connectivity index (χ4n) is 2.19. The van der Waals surface area contributed by atoms with Crippen molar-refractivity contribution in [3.63, 3.8) is 0 Å². The van der Waals surface area contributed by atoms with Crippen molar-refractivity contribution < 1.29 is 20.1 Å². The molecular formula is C15H10N2O5. The highest BCUT2D eigenvalue weighted by Gasteiger charge is 2.15. The first-order chi connectivity index (χ1) is 10.5. The van der Waals surface area contributed by atoms with Crippen LogP contribution in [0.15, 0.2) is 47.5 Å². The topological polar surface area (TPSA) is 113 Å². The zero-order chi connectivity index (χ0) is 15.9. The summed E-state index contributed by atoms with van der Waals surface area (Å²) in [5.74, 6) is -1.59. The van der Waals surface area contributed by atoms with Gasteiger partial charge in [-0.05, 0) is 36.4 Å². The number of phenols is 2. The summed E-state index contributed by atoms with van der Waals surface area (Å²) in [5, 5.41) is 28.3. The Kier molecular flexibility index (Phi) is 3.03. The maximum absolute atomic E-state index is 12.5. The third-order valence-corrected chi connectivity index (χ3v) is 3.21. The second kappa shape index (κ2) is 4.88. The van der Waals surface area contributed by atoms with Crippen LogP contribution >= 0.6 is 0 Å². The zero-order valence-corrected chi connectivity index (χ0v) is 11.1. The highest BCUT2D eigenvalue weighted by Crippen LogP contribution is 2.21. The van der Waals surface area contributed by atoms with E-state index in [0.717, 1.165) is 10.6 Å². The minimum Gasteiger partial charge on any atom is -0.508 e. The molecule has 22 heavy (non-hydrogen) atoms. The zero-order valence-electron chi connectivity index (χ0n) is 11.1. The molecule has 0 aliphatic rings. The first-order valence-corrected chi connectivity index (χ1v) is 6.24. The number of carboxylic acids is 1. The molecule has 0 aliphatic heterocycles. The van der Waals surface area contributed by atoms with E-state index in [1.807, 2.05) is 0 Å². The molecule has 0 amide bonds. The van der Waals surface area contributed by atoms with Gasteiger partial charge in [0, 0.05) is 0 Å². The molecule has 0 unspecified atom stereocenters. The number of hydrogen-bond donors (Lipinski definition) is 3. The van der Waals surface area contributed by atoms with Crippen molar-refractivity contribution in [2.45, 2.75) is 0 Å². The van der Waals surface area contributed by atoms with Crippen LogP contribution in [0, 0.1) is 0 Å². The van der Waals surface area contributed by atoms with Crippen molar-refractivity contribution in [2.24, 2.45) is 0 Å². The minimum absolute atomic E-state index is 0.0769. The van der Waals surface area contributed by atoms with E-state index in [2.05, 4.69) is 4.98 Å². The number of hydrogen-bond acceptors (Lipinski definition) is 5. The Hall–Kier alpha value is -3.35. The molecule has 7 nitrogen and oxygen atoms in total. The van der Waals surface area contributed by atoms with E-state index < -0.39 is 11.5 Å². The van der Waals surface area contributed by atoms with Gasteiger partial charge in [-0.25, -0.2) is 9.78 Å². The van der Waals surface area contributed by atoms with Crippen LogP contribution in [0.3, 0.4) is 0 Å². The normalized spacial score (nSPS) is 10.7. The molecular weight excluding hydrogens is 288 g/mol. The number of aromatic carboxylic acids is 1. The third kappa shape index (κ3) is 2.14. The van der Waals surface area contributed by atoms with Crippen molar-refractivity contribution in [3.8, 4) is 17.2 Å². The van der Waals surface area contributed by atoms with Crippen molar-refractivity contribution in [1.29, 1.82) is 0 Å². The maximum Gasteiger partial charge on any atom is 0.337 e. The summed E-state index contributed by atoms with van der Waals surface area (Å²) in [6.45, 7) is 0. The summed E-state index contributed by atoms with van der Waals surface area (Å²) in [5.41, 5.74) is -0.291. The second-order valence-electron chi connectivity index (χ2n) is 4.63. The predicted molar refractivity (Wildman–Crippen MR) is 77.6 cm³/mol. The number of phenolic OH excluding ortho intramolecular Hbond substituents is 2. The standard InChI is InChI=1S/C15H10N2O5/c18-8-1-3-12-10(5-8)14(20)17(7-16-12)13-4-2-9(19)6-11(13)15(21)22/h1-7,18-19H,(H,21,22). The van der Waals surface area contributed by atoms with E-state index in [1.54, 1.807) is 0 Å². The first kappa shape index (κ1) is 13.6. The molecule has 1 aromatic heterocycles. The van der Waals surface area contributed by atoms with Crippen molar-refractivity contribution in [1.82, 2.24) is 9.55 Å². The van der Waals surface area contributed by atoms with Gasteiger partial charge in [0.25, 0.3) is 5.56 Å². The van der Waals surface area contributed by atoms with E-state index in [-0.39, 0.29) is 28.1 Å². The average Bonchev–Trinajstić information content (AvgIpc) is 2.48.